The number of nitrogen functional groups attached to an aromatic ring is 1. The van der Waals surface area contributed by atoms with Gasteiger partial charge < -0.3 is 10.7 Å². The lowest BCUT2D eigenvalue weighted by Crippen LogP contribution is -1.88. The van der Waals surface area contributed by atoms with Gasteiger partial charge in [0, 0.05) is 22.2 Å². The number of benzene rings is 1. The highest BCUT2D eigenvalue weighted by atomic mass is 14.8. The van der Waals surface area contributed by atoms with Crippen LogP contribution in [0.4, 0.5) is 5.69 Å². The maximum absolute atomic E-state index is 5.66. The van der Waals surface area contributed by atoms with E-state index in [9.17, 15) is 0 Å². The topological polar surface area (TPSA) is 54.7 Å². The second-order valence-corrected chi connectivity index (χ2v) is 4.15. The van der Waals surface area contributed by atoms with E-state index in [4.69, 9.17) is 5.73 Å². The first-order chi connectivity index (χ1) is 8.25. The van der Waals surface area contributed by atoms with Crippen LogP contribution in [0.1, 0.15) is 5.69 Å². The summed E-state index contributed by atoms with van der Waals surface area (Å²) < 4.78 is 0. The highest BCUT2D eigenvalue weighted by Crippen LogP contribution is 2.30. The minimum atomic E-state index is 0.686. The number of aromatic amines is 1. The van der Waals surface area contributed by atoms with Crippen molar-refractivity contribution in [2.45, 2.75) is 6.92 Å². The summed E-state index contributed by atoms with van der Waals surface area (Å²) in [6, 6.07) is 12.1. The first kappa shape index (κ1) is 9.90. The van der Waals surface area contributed by atoms with E-state index in [-0.39, 0.29) is 0 Å². The number of nitrogens with zero attached hydrogens (tertiary/aromatic N) is 1. The van der Waals surface area contributed by atoms with Crippen molar-refractivity contribution in [3.63, 3.8) is 0 Å². The van der Waals surface area contributed by atoms with Gasteiger partial charge in [0.2, 0.25) is 0 Å². The minimum absolute atomic E-state index is 0.686. The quantitative estimate of drug-likeness (QED) is 0.666. The van der Waals surface area contributed by atoms with E-state index in [1.165, 1.54) is 5.39 Å². The molecule has 3 nitrogen and oxygen atoms in total. The van der Waals surface area contributed by atoms with Gasteiger partial charge in [0.25, 0.3) is 0 Å². The van der Waals surface area contributed by atoms with Crippen molar-refractivity contribution in [3.8, 4) is 11.3 Å². The average molecular weight is 223 g/mol. The molecule has 2 heterocycles. The van der Waals surface area contributed by atoms with Crippen LogP contribution < -0.4 is 5.73 Å². The number of hydrogen-bond acceptors (Lipinski definition) is 2. The number of nitrogens with one attached hydrogen (secondary N) is 1. The van der Waals surface area contributed by atoms with Gasteiger partial charge in [-0.2, -0.15) is 0 Å². The summed E-state index contributed by atoms with van der Waals surface area (Å²) >= 11 is 0. The Bertz CT molecular complexity index is 666. The predicted octanol–water partition coefficient (Wildman–Crippen LogP) is 3.12. The third-order valence-corrected chi connectivity index (χ3v) is 2.94. The molecule has 0 bridgehead atoms. The molecule has 0 aliphatic rings. The molecule has 3 aromatic rings. The number of hydrogen-bond donors (Lipinski definition) is 2. The van der Waals surface area contributed by atoms with Crippen LogP contribution >= 0.6 is 0 Å². The van der Waals surface area contributed by atoms with E-state index in [1.54, 1.807) is 6.20 Å². The predicted molar refractivity (Wildman–Crippen MR) is 70.7 cm³/mol. The van der Waals surface area contributed by atoms with Gasteiger partial charge in [-0.05, 0) is 25.1 Å². The molecule has 0 saturated heterocycles. The van der Waals surface area contributed by atoms with Gasteiger partial charge in [0.05, 0.1) is 17.6 Å². The molecule has 3 heteroatoms. The first-order valence-corrected chi connectivity index (χ1v) is 5.55. The summed E-state index contributed by atoms with van der Waals surface area (Å²) in [5.74, 6) is 0. The Hall–Kier alpha value is -2.29. The molecule has 17 heavy (non-hydrogen) atoms. The normalized spacial score (nSPS) is 10.9. The summed E-state index contributed by atoms with van der Waals surface area (Å²) in [5, 5.41) is 1.20. The van der Waals surface area contributed by atoms with Crippen LogP contribution in [0.15, 0.2) is 42.6 Å². The minimum Gasteiger partial charge on any atom is -0.397 e. The van der Waals surface area contributed by atoms with Crippen LogP contribution in [0, 0.1) is 6.92 Å². The molecular weight excluding hydrogens is 210 g/mol. The molecule has 0 atom stereocenters. The second-order valence-electron chi connectivity index (χ2n) is 4.15. The van der Waals surface area contributed by atoms with Crippen molar-refractivity contribution in [2.24, 2.45) is 0 Å². The lowest BCUT2D eigenvalue weighted by atomic mass is 10.1. The van der Waals surface area contributed by atoms with Crippen molar-refractivity contribution in [1.29, 1.82) is 0 Å². The molecule has 1 aromatic carbocycles. The largest absolute Gasteiger partial charge is 0.397 e. The molecule has 0 unspecified atom stereocenters. The highest BCUT2D eigenvalue weighted by molar-refractivity contribution is 5.96. The van der Waals surface area contributed by atoms with Crippen molar-refractivity contribution < 1.29 is 0 Å². The maximum atomic E-state index is 5.66. The number of rotatable bonds is 1. The van der Waals surface area contributed by atoms with Crippen LogP contribution in [0.25, 0.3) is 22.2 Å². The van der Waals surface area contributed by atoms with Crippen molar-refractivity contribution in [2.75, 3.05) is 5.73 Å². The van der Waals surface area contributed by atoms with Gasteiger partial charge in [0.15, 0.2) is 0 Å². The van der Waals surface area contributed by atoms with Crippen LogP contribution in [-0.4, -0.2) is 9.97 Å². The lowest BCUT2D eigenvalue weighted by Gasteiger charge is -2.01. The average Bonchev–Trinajstić information content (AvgIpc) is 2.66. The van der Waals surface area contributed by atoms with Crippen LogP contribution in [0.3, 0.4) is 0 Å². The molecular formula is C14H13N3. The summed E-state index contributed by atoms with van der Waals surface area (Å²) in [6.45, 7) is 2.06. The maximum Gasteiger partial charge on any atom is 0.0727 e. The molecule has 0 amide bonds. The second kappa shape index (κ2) is 3.63. The fourth-order valence-electron chi connectivity index (χ4n) is 2.16. The monoisotopic (exact) mass is 223 g/mol. The number of para-hydroxylation sites is 1. The third-order valence-electron chi connectivity index (χ3n) is 2.94. The van der Waals surface area contributed by atoms with Crippen molar-refractivity contribution in [3.05, 3.63) is 48.3 Å². The fourth-order valence-corrected chi connectivity index (χ4v) is 2.16. The van der Waals surface area contributed by atoms with E-state index in [2.05, 4.69) is 29.0 Å². The summed E-state index contributed by atoms with van der Waals surface area (Å²) in [5.41, 5.74) is 10.7. The zero-order chi connectivity index (χ0) is 11.8. The molecule has 3 N–H and O–H groups in total. The number of aryl methyl sites for hydroxylation is 1. The number of nitrogens with two attached hydrogens (primary N) is 1. The standard InChI is InChI=1S/C14H13N3/c1-9-14(13-7-6-10(15)8-16-13)11-4-2-3-5-12(11)17-9/h2-8,17H,15H2,1H3. The number of pyridine rings is 1. The Balaban J connectivity index is 2.29. The van der Waals surface area contributed by atoms with Crippen LogP contribution in [0.5, 0.6) is 0 Å². The zero-order valence-electron chi connectivity index (χ0n) is 9.57. The fraction of sp³-hybridized carbons (Fsp3) is 0.0714. The SMILES string of the molecule is Cc1[nH]c2ccccc2c1-c1ccc(N)cn1. The molecule has 0 spiro atoms. The Morgan fingerprint density at radius 3 is 2.71 bits per heavy atom. The number of H-pyrrole nitrogens is 1. The number of fused-ring (bicyclic) bond motifs is 1. The Labute approximate surface area is 99.3 Å². The van der Waals surface area contributed by atoms with E-state index >= 15 is 0 Å². The van der Waals surface area contributed by atoms with Gasteiger partial charge in [-0.1, -0.05) is 18.2 Å². The molecule has 0 fully saturated rings. The molecule has 84 valence electrons. The molecule has 0 radical (unpaired) electrons. The molecule has 0 aliphatic carbocycles. The molecule has 0 aliphatic heterocycles. The summed E-state index contributed by atoms with van der Waals surface area (Å²) in [4.78, 5) is 7.76. The summed E-state index contributed by atoms with van der Waals surface area (Å²) in [6.07, 6.45) is 1.69. The smallest absolute Gasteiger partial charge is 0.0727 e. The van der Waals surface area contributed by atoms with Gasteiger partial charge >= 0.3 is 0 Å². The summed E-state index contributed by atoms with van der Waals surface area (Å²) in [7, 11) is 0. The van der Waals surface area contributed by atoms with Gasteiger partial charge in [-0.15, -0.1) is 0 Å². The number of anilines is 1. The Kier molecular flexibility index (Phi) is 2.11. The van der Waals surface area contributed by atoms with E-state index in [1.807, 2.05) is 24.3 Å². The van der Waals surface area contributed by atoms with E-state index < -0.39 is 0 Å². The van der Waals surface area contributed by atoms with Gasteiger partial charge in [0.1, 0.15) is 0 Å². The third kappa shape index (κ3) is 1.56. The van der Waals surface area contributed by atoms with E-state index in [0.717, 1.165) is 22.5 Å². The van der Waals surface area contributed by atoms with E-state index in [0.29, 0.717) is 5.69 Å². The molecule has 3 rings (SSSR count). The lowest BCUT2D eigenvalue weighted by molar-refractivity contribution is 1.27. The Morgan fingerprint density at radius 2 is 1.94 bits per heavy atom. The zero-order valence-corrected chi connectivity index (χ0v) is 9.57. The highest BCUT2D eigenvalue weighted by Gasteiger charge is 2.10. The van der Waals surface area contributed by atoms with Gasteiger partial charge in [-0.25, -0.2) is 0 Å². The first-order valence-electron chi connectivity index (χ1n) is 5.55. The number of aromatic nitrogens is 2. The molecule has 0 saturated carbocycles. The van der Waals surface area contributed by atoms with Gasteiger partial charge in [-0.3, -0.25) is 4.98 Å². The van der Waals surface area contributed by atoms with Crippen molar-refractivity contribution in [1.82, 2.24) is 9.97 Å². The van der Waals surface area contributed by atoms with Crippen LogP contribution in [-0.2, 0) is 0 Å². The van der Waals surface area contributed by atoms with Crippen molar-refractivity contribution >= 4 is 16.6 Å². The molecule has 2 aromatic heterocycles. The van der Waals surface area contributed by atoms with Crippen LogP contribution in [0.2, 0.25) is 0 Å². The Morgan fingerprint density at radius 1 is 1.12 bits per heavy atom.